The van der Waals surface area contributed by atoms with E-state index >= 15 is 0 Å². The van der Waals surface area contributed by atoms with Crippen LogP contribution in [0.5, 0.6) is 0 Å². The van der Waals surface area contributed by atoms with Crippen molar-refractivity contribution in [2.45, 2.75) is 52.1 Å². The second-order valence-electron chi connectivity index (χ2n) is 6.34. The zero-order valence-electron chi connectivity index (χ0n) is 15.1. The number of aliphatic imine (C=N–C) groups is 1. The largest absolute Gasteiger partial charge is 0.357 e. The highest BCUT2D eigenvalue weighted by molar-refractivity contribution is 14.0. The number of hydrogen-bond acceptors (Lipinski definition) is 2. The van der Waals surface area contributed by atoms with Gasteiger partial charge >= 0.3 is 0 Å². The Morgan fingerprint density at radius 1 is 1.21 bits per heavy atom. The summed E-state index contributed by atoms with van der Waals surface area (Å²) in [6.07, 6.45) is 5.28. The average molecular weight is 444 g/mol. The second-order valence-corrected chi connectivity index (χ2v) is 6.34. The molecule has 0 aromatic heterocycles. The van der Waals surface area contributed by atoms with Crippen LogP contribution in [0, 0.1) is 0 Å². The highest BCUT2D eigenvalue weighted by Crippen LogP contribution is 2.15. The molecule has 1 saturated heterocycles. The zero-order chi connectivity index (χ0) is 16.3. The van der Waals surface area contributed by atoms with E-state index in [1.807, 2.05) is 6.07 Å². The van der Waals surface area contributed by atoms with Crippen LogP contribution in [0.2, 0.25) is 0 Å². The Bertz CT molecular complexity index is 464. The van der Waals surface area contributed by atoms with E-state index in [2.05, 4.69) is 58.6 Å². The predicted molar refractivity (Wildman–Crippen MR) is 114 cm³/mol. The second kappa shape index (κ2) is 12.5. The lowest BCUT2D eigenvalue weighted by Crippen LogP contribution is -2.41. The normalized spacial score (nSPS) is 18.8. The SMILES string of the molecule is CCNC(=NCc1ccccc1)NCCCN1CCCCC1C.I. The third-order valence-electron chi connectivity index (χ3n) is 4.46. The molecule has 0 radical (unpaired) electrons. The average Bonchev–Trinajstić information content (AvgIpc) is 2.59. The van der Waals surface area contributed by atoms with Crippen molar-refractivity contribution in [3.63, 3.8) is 0 Å². The number of guanidine groups is 1. The molecular formula is C19H33IN4. The summed E-state index contributed by atoms with van der Waals surface area (Å²) in [4.78, 5) is 7.29. The van der Waals surface area contributed by atoms with Crippen molar-refractivity contribution in [1.29, 1.82) is 0 Å². The van der Waals surface area contributed by atoms with E-state index in [9.17, 15) is 0 Å². The van der Waals surface area contributed by atoms with E-state index in [-0.39, 0.29) is 24.0 Å². The molecule has 0 amide bonds. The molecule has 1 unspecified atom stereocenters. The van der Waals surface area contributed by atoms with Crippen LogP contribution in [-0.2, 0) is 6.54 Å². The van der Waals surface area contributed by atoms with Crippen molar-refractivity contribution in [2.24, 2.45) is 4.99 Å². The lowest BCUT2D eigenvalue weighted by Gasteiger charge is -2.33. The Morgan fingerprint density at radius 2 is 2.00 bits per heavy atom. The molecule has 1 fully saturated rings. The first-order valence-electron chi connectivity index (χ1n) is 9.09. The number of nitrogens with zero attached hydrogens (tertiary/aromatic N) is 2. The van der Waals surface area contributed by atoms with Gasteiger partial charge in [-0.1, -0.05) is 36.8 Å². The monoisotopic (exact) mass is 444 g/mol. The molecule has 1 atom stereocenters. The van der Waals surface area contributed by atoms with E-state index in [1.54, 1.807) is 0 Å². The Labute approximate surface area is 164 Å². The number of benzene rings is 1. The van der Waals surface area contributed by atoms with E-state index < -0.39 is 0 Å². The minimum absolute atomic E-state index is 0. The molecule has 0 aliphatic carbocycles. The molecule has 0 saturated carbocycles. The standard InChI is InChI=1S/C19H32N4.HI/c1-3-20-19(22-16-18-11-5-4-6-12-18)21-13-9-15-23-14-8-7-10-17(23)2;/h4-6,11-12,17H,3,7-10,13-16H2,1-2H3,(H2,20,21,22);1H. The molecule has 2 N–H and O–H groups in total. The summed E-state index contributed by atoms with van der Waals surface area (Å²) in [6.45, 7) is 9.51. The van der Waals surface area contributed by atoms with Gasteiger partial charge in [0.2, 0.25) is 0 Å². The third kappa shape index (κ3) is 7.83. The highest BCUT2D eigenvalue weighted by atomic mass is 127. The zero-order valence-corrected chi connectivity index (χ0v) is 17.5. The van der Waals surface area contributed by atoms with Gasteiger partial charge in [-0.15, -0.1) is 24.0 Å². The molecule has 2 rings (SSSR count). The minimum Gasteiger partial charge on any atom is -0.357 e. The van der Waals surface area contributed by atoms with E-state index in [0.717, 1.165) is 31.6 Å². The maximum atomic E-state index is 4.66. The number of nitrogens with one attached hydrogen (secondary N) is 2. The van der Waals surface area contributed by atoms with Crippen molar-refractivity contribution >= 4 is 29.9 Å². The Morgan fingerprint density at radius 3 is 2.71 bits per heavy atom. The first-order valence-corrected chi connectivity index (χ1v) is 9.09. The first kappa shape index (κ1) is 21.2. The van der Waals surface area contributed by atoms with E-state index in [1.165, 1.54) is 44.3 Å². The van der Waals surface area contributed by atoms with Crippen molar-refractivity contribution in [3.8, 4) is 0 Å². The van der Waals surface area contributed by atoms with Gasteiger partial charge in [0, 0.05) is 25.7 Å². The van der Waals surface area contributed by atoms with Crippen LogP contribution in [0.15, 0.2) is 35.3 Å². The molecule has 0 bridgehead atoms. The molecule has 4 nitrogen and oxygen atoms in total. The molecule has 0 spiro atoms. The fourth-order valence-electron chi connectivity index (χ4n) is 3.07. The van der Waals surface area contributed by atoms with Gasteiger partial charge < -0.3 is 15.5 Å². The van der Waals surface area contributed by atoms with Crippen LogP contribution < -0.4 is 10.6 Å². The highest BCUT2D eigenvalue weighted by Gasteiger charge is 2.16. The molecule has 1 aromatic carbocycles. The molecule has 1 aliphatic rings. The van der Waals surface area contributed by atoms with Crippen LogP contribution in [-0.4, -0.2) is 43.1 Å². The third-order valence-corrected chi connectivity index (χ3v) is 4.46. The van der Waals surface area contributed by atoms with Crippen molar-refractivity contribution in [1.82, 2.24) is 15.5 Å². The lowest BCUT2D eigenvalue weighted by molar-refractivity contribution is 0.159. The van der Waals surface area contributed by atoms with E-state index in [0.29, 0.717) is 0 Å². The Kier molecular flexibility index (Phi) is 11.1. The molecule has 1 aromatic rings. The Balaban J connectivity index is 0.00000288. The van der Waals surface area contributed by atoms with Crippen molar-refractivity contribution in [3.05, 3.63) is 35.9 Å². The number of rotatable bonds is 7. The van der Waals surface area contributed by atoms with Gasteiger partial charge in [0.05, 0.1) is 6.54 Å². The number of likely N-dealkylation sites (tertiary alicyclic amines) is 1. The quantitative estimate of drug-likeness (QED) is 0.292. The van der Waals surface area contributed by atoms with Crippen LogP contribution in [0.25, 0.3) is 0 Å². The molecule has 5 heteroatoms. The van der Waals surface area contributed by atoms with Crippen LogP contribution in [0.1, 0.15) is 45.1 Å². The molecule has 24 heavy (non-hydrogen) atoms. The molecule has 136 valence electrons. The van der Waals surface area contributed by atoms with Gasteiger partial charge in [-0.05, 0) is 45.2 Å². The number of halogens is 1. The van der Waals surface area contributed by atoms with Crippen LogP contribution in [0.4, 0.5) is 0 Å². The summed E-state index contributed by atoms with van der Waals surface area (Å²) in [5, 5.41) is 6.78. The molecule has 1 aliphatic heterocycles. The van der Waals surface area contributed by atoms with Gasteiger partial charge in [-0.2, -0.15) is 0 Å². The summed E-state index contributed by atoms with van der Waals surface area (Å²) in [6, 6.07) is 11.1. The van der Waals surface area contributed by atoms with Crippen molar-refractivity contribution in [2.75, 3.05) is 26.2 Å². The van der Waals surface area contributed by atoms with Gasteiger partial charge in [-0.25, -0.2) is 4.99 Å². The maximum absolute atomic E-state index is 4.66. The molecule has 1 heterocycles. The fourth-order valence-corrected chi connectivity index (χ4v) is 3.07. The lowest BCUT2D eigenvalue weighted by atomic mass is 10.0. The van der Waals surface area contributed by atoms with Crippen LogP contribution >= 0.6 is 24.0 Å². The summed E-state index contributed by atoms with van der Waals surface area (Å²) in [5.41, 5.74) is 1.24. The van der Waals surface area contributed by atoms with E-state index in [4.69, 9.17) is 0 Å². The number of hydrogen-bond donors (Lipinski definition) is 2. The predicted octanol–water partition coefficient (Wildman–Crippen LogP) is 3.62. The van der Waals surface area contributed by atoms with Gasteiger partial charge in [0.25, 0.3) is 0 Å². The van der Waals surface area contributed by atoms with Gasteiger partial charge in [0.15, 0.2) is 5.96 Å². The number of piperidine rings is 1. The summed E-state index contributed by atoms with van der Waals surface area (Å²) in [5.74, 6) is 0.919. The summed E-state index contributed by atoms with van der Waals surface area (Å²) >= 11 is 0. The first-order chi connectivity index (χ1) is 11.3. The maximum Gasteiger partial charge on any atom is 0.191 e. The fraction of sp³-hybridized carbons (Fsp3) is 0.632. The van der Waals surface area contributed by atoms with Gasteiger partial charge in [0.1, 0.15) is 0 Å². The summed E-state index contributed by atoms with van der Waals surface area (Å²) < 4.78 is 0. The van der Waals surface area contributed by atoms with Crippen molar-refractivity contribution < 1.29 is 0 Å². The minimum atomic E-state index is 0. The Hall–Kier alpha value is -0.820. The molecular weight excluding hydrogens is 411 g/mol. The van der Waals surface area contributed by atoms with Crippen LogP contribution in [0.3, 0.4) is 0 Å². The smallest absolute Gasteiger partial charge is 0.191 e. The summed E-state index contributed by atoms with van der Waals surface area (Å²) in [7, 11) is 0. The topological polar surface area (TPSA) is 39.7 Å². The van der Waals surface area contributed by atoms with Gasteiger partial charge in [-0.3, -0.25) is 0 Å².